The van der Waals surface area contributed by atoms with Crippen LogP contribution in [0.1, 0.15) is 11.3 Å². The molecule has 85 valence electrons. The van der Waals surface area contributed by atoms with Gasteiger partial charge in [-0.15, -0.1) is 0 Å². The summed E-state index contributed by atoms with van der Waals surface area (Å²) in [6.07, 6.45) is 4.29. The Morgan fingerprint density at radius 1 is 1.24 bits per heavy atom. The first kappa shape index (κ1) is 11.4. The molecule has 1 aromatic heterocycles. The first-order valence-electron chi connectivity index (χ1n) is 5.53. The van der Waals surface area contributed by atoms with E-state index < -0.39 is 0 Å². The zero-order valence-corrected chi connectivity index (χ0v) is 9.60. The molecule has 0 atom stereocenters. The molecular weight excluding hydrogens is 210 g/mol. The van der Waals surface area contributed by atoms with Crippen molar-refractivity contribution in [1.82, 2.24) is 4.98 Å². The topological polar surface area (TPSA) is 22.1 Å². The van der Waals surface area contributed by atoms with Crippen LogP contribution in [0.4, 0.5) is 0 Å². The lowest BCUT2D eigenvalue weighted by Gasteiger charge is -2.05. The molecule has 1 aromatic carbocycles. The number of pyridine rings is 1. The summed E-state index contributed by atoms with van der Waals surface area (Å²) in [6.45, 7) is 4.12. The summed E-state index contributed by atoms with van der Waals surface area (Å²) in [5.74, 6) is 0.748. The quantitative estimate of drug-likeness (QED) is 0.728. The highest BCUT2D eigenvalue weighted by Gasteiger charge is 1.99. The van der Waals surface area contributed by atoms with Gasteiger partial charge in [-0.1, -0.05) is 30.9 Å². The van der Waals surface area contributed by atoms with Crippen LogP contribution in [-0.2, 0) is 6.42 Å². The fraction of sp³-hybridized carbons (Fsp3) is 0.133. The van der Waals surface area contributed by atoms with Gasteiger partial charge in [0.2, 0.25) is 0 Å². The summed E-state index contributed by atoms with van der Waals surface area (Å²) >= 11 is 0. The van der Waals surface area contributed by atoms with Crippen LogP contribution in [0.3, 0.4) is 0 Å². The molecule has 17 heavy (non-hydrogen) atoms. The van der Waals surface area contributed by atoms with Crippen LogP contribution in [0.15, 0.2) is 55.3 Å². The smallest absolute Gasteiger partial charge is 0.128 e. The van der Waals surface area contributed by atoms with Gasteiger partial charge >= 0.3 is 0 Å². The SMILES string of the molecule is C=CCOc1[c]c(Cc2ccccn2)ccc1. The number of hydrogen-bond donors (Lipinski definition) is 0. The number of benzene rings is 1. The molecule has 0 aliphatic rings. The molecule has 0 aliphatic heterocycles. The van der Waals surface area contributed by atoms with Gasteiger partial charge in [-0.2, -0.15) is 0 Å². The van der Waals surface area contributed by atoms with E-state index in [4.69, 9.17) is 4.74 Å². The van der Waals surface area contributed by atoms with Crippen LogP contribution in [0.2, 0.25) is 0 Å². The number of nitrogens with zero attached hydrogens (tertiary/aromatic N) is 1. The average Bonchev–Trinajstić information content (AvgIpc) is 2.38. The Hall–Kier alpha value is -2.09. The normalized spacial score (nSPS) is 9.88. The van der Waals surface area contributed by atoms with Crippen molar-refractivity contribution in [1.29, 1.82) is 0 Å². The second kappa shape index (κ2) is 5.85. The van der Waals surface area contributed by atoms with Crippen molar-refractivity contribution in [2.75, 3.05) is 6.61 Å². The van der Waals surface area contributed by atoms with Crippen LogP contribution in [0.25, 0.3) is 0 Å². The number of ether oxygens (including phenoxy) is 1. The third kappa shape index (κ3) is 3.45. The minimum absolute atomic E-state index is 0.504. The zero-order chi connectivity index (χ0) is 11.9. The van der Waals surface area contributed by atoms with Crippen LogP contribution in [0.5, 0.6) is 5.75 Å². The highest BCUT2D eigenvalue weighted by molar-refractivity contribution is 5.29. The lowest BCUT2D eigenvalue weighted by atomic mass is 10.1. The molecule has 2 rings (SSSR count). The van der Waals surface area contributed by atoms with Gasteiger partial charge in [-0.3, -0.25) is 4.98 Å². The van der Waals surface area contributed by atoms with Crippen molar-refractivity contribution >= 4 is 0 Å². The van der Waals surface area contributed by atoms with Crippen LogP contribution < -0.4 is 4.74 Å². The van der Waals surface area contributed by atoms with E-state index in [9.17, 15) is 0 Å². The predicted molar refractivity (Wildman–Crippen MR) is 68.0 cm³/mol. The molecule has 0 N–H and O–H groups in total. The molecule has 1 heterocycles. The molecule has 0 aliphatic carbocycles. The summed E-state index contributed by atoms with van der Waals surface area (Å²) in [5.41, 5.74) is 2.11. The Balaban J connectivity index is 2.08. The molecule has 0 saturated carbocycles. The third-order valence-corrected chi connectivity index (χ3v) is 2.28. The van der Waals surface area contributed by atoms with Gasteiger partial charge in [0.05, 0.1) is 0 Å². The second-order valence-electron chi connectivity index (χ2n) is 3.64. The molecule has 2 nitrogen and oxygen atoms in total. The standard InChI is InChI=1S/C15H14NO/c1-2-10-17-15-8-5-6-13(12-15)11-14-7-3-4-9-16-14/h2-9H,1,10-11H2. The molecule has 0 saturated heterocycles. The summed E-state index contributed by atoms with van der Waals surface area (Å²) < 4.78 is 5.44. The number of rotatable bonds is 5. The maximum Gasteiger partial charge on any atom is 0.128 e. The van der Waals surface area contributed by atoms with E-state index in [1.807, 2.05) is 36.4 Å². The fourth-order valence-electron chi connectivity index (χ4n) is 1.53. The van der Waals surface area contributed by atoms with E-state index in [0.29, 0.717) is 6.61 Å². The van der Waals surface area contributed by atoms with E-state index in [2.05, 4.69) is 17.6 Å². The van der Waals surface area contributed by atoms with E-state index in [1.165, 1.54) is 0 Å². The molecule has 0 fully saturated rings. The predicted octanol–water partition coefficient (Wildman–Crippen LogP) is 3.04. The molecule has 2 aromatic rings. The van der Waals surface area contributed by atoms with Gasteiger partial charge in [0, 0.05) is 24.4 Å². The largest absolute Gasteiger partial charge is 0.489 e. The molecule has 2 heteroatoms. The van der Waals surface area contributed by atoms with Crippen LogP contribution in [0, 0.1) is 6.07 Å². The fourth-order valence-corrected chi connectivity index (χ4v) is 1.53. The molecule has 0 spiro atoms. The summed E-state index contributed by atoms with van der Waals surface area (Å²) in [4.78, 5) is 4.29. The zero-order valence-electron chi connectivity index (χ0n) is 9.60. The van der Waals surface area contributed by atoms with Crippen molar-refractivity contribution in [3.63, 3.8) is 0 Å². The van der Waals surface area contributed by atoms with Gasteiger partial charge in [-0.25, -0.2) is 0 Å². The van der Waals surface area contributed by atoms with Crippen LogP contribution >= 0.6 is 0 Å². The summed E-state index contributed by atoms with van der Waals surface area (Å²) in [5, 5.41) is 0. The Morgan fingerprint density at radius 3 is 2.94 bits per heavy atom. The molecule has 0 unspecified atom stereocenters. The minimum atomic E-state index is 0.504. The number of aromatic nitrogens is 1. The summed E-state index contributed by atoms with van der Waals surface area (Å²) in [6, 6.07) is 15.0. The Bertz CT molecular complexity index is 479. The van der Waals surface area contributed by atoms with Crippen LogP contribution in [-0.4, -0.2) is 11.6 Å². The average molecular weight is 224 g/mol. The molecular formula is C15H14NO. The van der Waals surface area contributed by atoms with E-state index in [0.717, 1.165) is 23.4 Å². The van der Waals surface area contributed by atoms with E-state index in [1.54, 1.807) is 12.3 Å². The maximum absolute atomic E-state index is 5.44. The highest BCUT2D eigenvalue weighted by atomic mass is 16.5. The van der Waals surface area contributed by atoms with Crippen molar-refractivity contribution in [3.8, 4) is 5.75 Å². The van der Waals surface area contributed by atoms with Crippen molar-refractivity contribution in [3.05, 3.63) is 72.6 Å². The molecule has 1 radical (unpaired) electrons. The first-order valence-corrected chi connectivity index (χ1v) is 5.53. The lowest BCUT2D eigenvalue weighted by molar-refractivity contribution is 0.362. The van der Waals surface area contributed by atoms with Gasteiger partial charge in [-0.05, 0) is 23.8 Å². The van der Waals surface area contributed by atoms with Gasteiger partial charge in [0.25, 0.3) is 0 Å². The molecule has 0 bridgehead atoms. The van der Waals surface area contributed by atoms with Crippen molar-refractivity contribution in [2.24, 2.45) is 0 Å². The maximum atomic E-state index is 5.44. The van der Waals surface area contributed by atoms with E-state index in [-0.39, 0.29) is 0 Å². The van der Waals surface area contributed by atoms with Crippen molar-refractivity contribution < 1.29 is 4.74 Å². The monoisotopic (exact) mass is 224 g/mol. The Kier molecular flexibility index (Phi) is 3.92. The Labute approximate surface area is 102 Å². The second-order valence-corrected chi connectivity index (χ2v) is 3.64. The third-order valence-electron chi connectivity index (χ3n) is 2.28. The Morgan fingerprint density at radius 2 is 2.18 bits per heavy atom. The first-order chi connectivity index (χ1) is 8.38. The highest BCUT2D eigenvalue weighted by Crippen LogP contribution is 2.14. The van der Waals surface area contributed by atoms with Gasteiger partial charge in [0.1, 0.15) is 12.4 Å². The van der Waals surface area contributed by atoms with Crippen molar-refractivity contribution in [2.45, 2.75) is 6.42 Å². The number of hydrogen-bond acceptors (Lipinski definition) is 2. The van der Waals surface area contributed by atoms with E-state index >= 15 is 0 Å². The van der Waals surface area contributed by atoms with Gasteiger partial charge in [0.15, 0.2) is 0 Å². The summed E-state index contributed by atoms with van der Waals surface area (Å²) in [7, 11) is 0. The minimum Gasteiger partial charge on any atom is -0.489 e. The van der Waals surface area contributed by atoms with Gasteiger partial charge < -0.3 is 4.74 Å². The molecule has 0 amide bonds. The lowest BCUT2D eigenvalue weighted by Crippen LogP contribution is -1.95.